The van der Waals surface area contributed by atoms with Crippen molar-refractivity contribution >= 4 is 70.0 Å². The van der Waals surface area contributed by atoms with E-state index in [2.05, 4.69) is 5.32 Å². The molecule has 0 spiro atoms. The first-order chi connectivity index (χ1) is 15.7. The van der Waals surface area contributed by atoms with Crippen molar-refractivity contribution in [1.29, 1.82) is 0 Å². The summed E-state index contributed by atoms with van der Waals surface area (Å²) in [6.07, 6.45) is 1.28. The maximum absolute atomic E-state index is 13.3. The Morgan fingerprint density at radius 2 is 1.52 bits per heavy atom. The van der Waals surface area contributed by atoms with Crippen LogP contribution in [0, 0.1) is 0 Å². The summed E-state index contributed by atoms with van der Waals surface area (Å²) in [5, 5.41) is 5.09. The van der Waals surface area contributed by atoms with Crippen molar-refractivity contribution in [3.8, 4) is 0 Å². The highest BCUT2D eigenvalue weighted by atomic mass is 35.5. The molecule has 0 aromatic heterocycles. The Morgan fingerprint density at radius 3 is 2.03 bits per heavy atom. The van der Waals surface area contributed by atoms with Crippen LogP contribution < -0.4 is 5.32 Å². The zero-order valence-electron chi connectivity index (χ0n) is 18.8. The number of thioether (sulfide) groups is 1. The molecule has 2 aromatic rings. The second kappa shape index (κ2) is 13.7. The summed E-state index contributed by atoms with van der Waals surface area (Å²) < 4.78 is 0. The predicted octanol–water partition coefficient (Wildman–Crippen LogP) is 7.26. The molecule has 0 saturated carbocycles. The number of benzene rings is 2. The topological polar surface area (TPSA) is 49.4 Å². The van der Waals surface area contributed by atoms with Gasteiger partial charge in [0.1, 0.15) is 6.04 Å². The first kappa shape index (κ1) is 28.1. The molecule has 0 aliphatic rings. The van der Waals surface area contributed by atoms with Crippen LogP contribution in [-0.4, -0.2) is 34.6 Å². The number of halogens is 4. The van der Waals surface area contributed by atoms with Crippen molar-refractivity contribution < 1.29 is 9.59 Å². The van der Waals surface area contributed by atoms with E-state index in [4.69, 9.17) is 46.4 Å². The van der Waals surface area contributed by atoms with Crippen LogP contribution in [0.25, 0.3) is 0 Å². The summed E-state index contributed by atoms with van der Waals surface area (Å²) in [7, 11) is 0. The Bertz CT molecular complexity index is 973. The van der Waals surface area contributed by atoms with Crippen molar-refractivity contribution in [3.05, 3.63) is 67.6 Å². The van der Waals surface area contributed by atoms with E-state index in [1.54, 1.807) is 35.2 Å². The van der Waals surface area contributed by atoms with E-state index in [1.165, 1.54) is 11.8 Å². The van der Waals surface area contributed by atoms with E-state index in [-0.39, 0.29) is 30.2 Å². The number of hydrogen-bond donors (Lipinski definition) is 1. The second-order valence-corrected chi connectivity index (χ2v) is 10.4. The van der Waals surface area contributed by atoms with Crippen molar-refractivity contribution in [2.75, 3.05) is 5.75 Å². The van der Waals surface area contributed by atoms with Crippen molar-refractivity contribution in [2.45, 2.75) is 58.0 Å². The fraction of sp³-hybridized carbons (Fsp3) is 0.417. The maximum Gasteiger partial charge on any atom is 0.243 e. The van der Waals surface area contributed by atoms with E-state index in [0.717, 1.165) is 17.5 Å². The Kier molecular flexibility index (Phi) is 11.7. The van der Waals surface area contributed by atoms with Gasteiger partial charge in [-0.05, 0) is 55.2 Å². The average Bonchev–Trinajstić information content (AvgIpc) is 2.76. The van der Waals surface area contributed by atoms with Gasteiger partial charge >= 0.3 is 0 Å². The Balaban J connectivity index is 2.20. The van der Waals surface area contributed by atoms with Gasteiger partial charge in [-0.2, -0.15) is 0 Å². The molecule has 0 fully saturated rings. The number of carbonyl (C=O) groups excluding carboxylic acids is 2. The molecule has 0 aliphatic heterocycles. The van der Waals surface area contributed by atoms with Crippen LogP contribution in [0.1, 0.15) is 44.7 Å². The van der Waals surface area contributed by atoms with Crippen LogP contribution in [0.15, 0.2) is 36.4 Å². The van der Waals surface area contributed by atoms with Gasteiger partial charge in [0.2, 0.25) is 11.8 Å². The molecule has 0 bridgehead atoms. The van der Waals surface area contributed by atoms with Gasteiger partial charge in [-0.15, -0.1) is 11.8 Å². The third-order valence-electron chi connectivity index (χ3n) is 5.24. The molecule has 4 nitrogen and oxygen atoms in total. The van der Waals surface area contributed by atoms with Crippen molar-refractivity contribution in [1.82, 2.24) is 10.2 Å². The Labute approximate surface area is 220 Å². The third-order valence-corrected chi connectivity index (χ3v) is 7.38. The van der Waals surface area contributed by atoms with E-state index in [9.17, 15) is 9.59 Å². The van der Waals surface area contributed by atoms with Gasteiger partial charge in [-0.3, -0.25) is 9.59 Å². The number of nitrogens with one attached hydrogen (secondary N) is 1. The summed E-state index contributed by atoms with van der Waals surface area (Å²) in [5.74, 6) is 0.419. The number of rotatable bonds is 11. The smallest absolute Gasteiger partial charge is 0.243 e. The van der Waals surface area contributed by atoms with Crippen LogP contribution >= 0.6 is 58.2 Å². The molecule has 2 atom stereocenters. The summed E-state index contributed by atoms with van der Waals surface area (Å²) in [4.78, 5) is 27.9. The highest BCUT2D eigenvalue weighted by Gasteiger charge is 2.29. The van der Waals surface area contributed by atoms with Crippen molar-refractivity contribution in [2.24, 2.45) is 0 Å². The maximum atomic E-state index is 13.3. The Morgan fingerprint density at radius 1 is 0.939 bits per heavy atom. The Hall–Kier alpha value is -1.11. The molecule has 2 rings (SSSR count). The number of hydrogen-bond acceptors (Lipinski definition) is 3. The lowest BCUT2D eigenvalue weighted by atomic mass is 10.1. The van der Waals surface area contributed by atoms with Gasteiger partial charge in [0.05, 0.1) is 5.75 Å². The first-order valence-electron chi connectivity index (χ1n) is 10.7. The highest BCUT2D eigenvalue weighted by Crippen LogP contribution is 2.27. The van der Waals surface area contributed by atoms with Crippen LogP contribution in [0.5, 0.6) is 0 Å². The minimum atomic E-state index is -0.613. The third kappa shape index (κ3) is 8.56. The zero-order valence-corrected chi connectivity index (χ0v) is 22.7. The summed E-state index contributed by atoms with van der Waals surface area (Å²) in [6.45, 7) is 6.05. The first-order valence-corrected chi connectivity index (χ1v) is 13.4. The fourth-order valence-electron chi connectivity index (χ4n) is 3.16. The summed E-state index contributed by atoms with van der Waals surface area (Å²) >= 11 is 26.0. The quantitative estimate of drug-likeness (QED) is 0.321. The molecule has 2 aromatic carbocycles. The van der Waals surface area contributed by atoms with Gasteiger partial charge in [-0.25, -0.2) is 0 Å². The summed E-state index contributed by atoms with van der Waals surface area (Å²) in [5.41, 5.74) is 1.63. The normalized spacial score (nSPS) is 12.8. The van der Waals surface area contributed by atoms with Gasteiger partial charge < -0.3 is 10.2 Å². The van der Waals surface area contributed by atoms with E-state index in [1.807, 2.05) is 26.8 Å². The molecular weight excluding hydrogens is 522 g/mol. The predicted molar refractivity (Wildman–Crippen MR) is 142 cm³/mol. The van der Waals surface area contributed by atoms with Gasteiger partial charge in [0, 0.05) is 38.4 Å². The average molecular weight is 550 g/mol. The molecule has 0 radical (unpaired) electrons. The minimum Gasteiger partial charge on any atom is -0.352 e. The summed E-state index contributed by atoms with van der Waals surface area (Å²) in [6, 6.07) is 9.85. The van der Waals surface area contributed by atoms with Gasteiger partial charge in [0.15, 0.2) is 0 Å². The van der Waals surface area contributed by atoms with Gasteiger partial charge in [-0.1, -0.05) is 72.4 Å². The standard InChI is InChI=1S/C24H28Cl4N2O2S/c1-4-15(3)29-24(32)22(5-2)30(12-16-6-8-18(25)10-20(16)27)23(31)14-33-13-17-7-9-19(26)11-21(17)28/h6-11,15,22H,4-5,12-14H2,1-3H3,(H,29,32). The minimum absolute atomic E-state index is 0.0176. The van der Waals surface area contributed by atoms with Crippen LogP contribution in [0.3, 0.4) is 0 Å². The molecular formula is C24H28Cl4N2O2S. The molecule has 2 amide bonds. The van der Waals surface area contributed by atoms with E-state index < -0.39 is 6.04 Å². The highest BCUT2D eigenvalue weighted by molar-refractivity contribution is 7.99. The number of carbonyl (C=O) groups is 2. The number of amides is 2. The zero-order chi connectivity index (χ0) is 24.5. The molecule has 9 heteroatoms. The molecule has 0 heterocycles. The monoisotopic (exact) mass is 548 g/mol. The molecule has 0 aliphatic carbocycles. The number of nitrogens with zero attached hydrogens (tertiary/aromatic N) is 1. The SMILES string of the molecule is CCC(C)NC(=O)C(CC)N(Cc1ccc(Cl)cc1Cl)C(=O)CSCc1ccc(Cl)cc1Cl. The largest absolute Gasteiger partial charge is 0.352 e. The lowest BCUT2D eigenvalue weighted by Crippen LogP contribution is -2.51. The van der Waals surface area contributed by atoms with E-state index >= 15 is 0 Å². The van der Waals surface area contributed by atoms with E-state index in [0.29, 0.717) is 32.3 Å². The molecule has 0 saturated heterocycles. The molecule has 2 unspecified atom stereocenters. The van der Waals surface area contributed by atoms with Gasteiger partial charge in [0.25, 0.3) is 0 Å². The van der Waals surface area contributed by atoms with Crippen molar-refractivity contribution in [3.63, 3.8) is 0 Å². The molecule has 33 heavy (non-hydrogen) atoms. The van der Waals surface area contributed by atoms with Crippen LogP contribution in [-0.2, 0) is 21.9 Å². The lowest BCUT2D eigenvalue weighted by molar-refractivity contribution is -0.139. The molecule has 1 N–H and O–H groups in total. The van der Waals surface area contributed by atoms with Crippen LogP contribution in [0.2, 0.25) is 20.1 Å². The fourth-order valence-corrected chi connectivity index (χ4v) is 5.10. The molecule has 180 valence electrons. The second-order valence-electron chi connectivity index (χ2n) is 7.73. The lowest BCUT2D eigenvalue weighted by Gasteiger charge is -2.31. The van der Waals surface area contributed by atoms with Crippen LogP contribution in [0.4, 0.5) is 0 Å².